The Bertz CT molecular complexity index is 1050. The van der Waals surface area contributed by atoms with Crippen molar-refractivity contribution in [2.24, 2.45) is 0 Å². The number of rotatable bonds is 5. The van der Waals surface area contributed by atoms with E-state index in [0.717, 1.165) is 21.8 Å². The van der Waals surface area contributed by atoms with Crippen molar-refractivity contribution in [3.63, 3.8) is 0 Å². The SMILES string of the molecule is CC(C)(C)c1ccc(N2C(=O)CSC2c2ccc(NC(=O)Cc3cccs3)cc2)cc1. The molecule has 0 bridgehead atoms. The van der Waals surface area contributed by atoms with Gasteiger partial charge in [-0.05, 0) is 52.3 Å². The van der Waals surface area contributed by atoms with Crippen molar-refractivity contribution in [1.82, 2.24) is 0 Å². The molecule has 0 spiro atoms. The summed E-state index contributed by atoms with van der Waals surface area (Å²) in [4.78, 5) is 27.8. The molecule has 2 amide bonds. The van der Waals surface area contributed by atoms with Crippen LogP contribution in [-0.4, -0.2) is 17.6 Å². The predicted molar refractivity (Wildman–Crippen MR) is 131 cm³/mol. The number of thiophene rings is 1. The van der Waals surface area contributed by atoms with E-state index in [1.807, 2.05) is 58.8 Å². The van der Waals surface area contributed by atoms with Crippen molar-refractivity contribution in [3.8, 4) is 0 Å². The molecule has 1 fully saturated rings. The lowest BCUT2D eigenvalue weighted by atomic mass is 9.87. The summed E-state index contributed by atoms with van der Waals surface area (Å²) >= 11 is 3.21. The molecule has 2 aromatic carbocycles. The predicted octanol–water partition coefficient (Wildman–Crippen LogP) is 6.01. The summed E-state index contributed by atoms with van der Waals surface area (Å²) in [5.74, 6) is 0.554. The Balaban J connectivity index is 1.47. The second-order valence-corrected chi connectivity index (χ2v) is 10.8. The van der Waals surface area contributed by atoms with Gasteiger partial charge in [-0.15, -0.1) is 23.1 Å². The highest BCUT2D eigenvalue weighted by atomic mass is 32.2. The topological polar surface area (TPSA) is 49.4 Å². The normalized spacial score (nSPS) is 16.5. The minimum absolute atomic E-state index is 0.0267. The van der Waals surface area contributed by atoms with Crippen molar-refractivity contribution >= 4 is 46.3 Å². The van der Waals surface area contributed by atoms with E-state index >= 15 is 0 Å². The molecule has 2 heterocycles. The van der Waals surface area contributed by atoms with Crippen LogP contribution in [0.25, 0.3) is 0 Å². The van der Waals surface area contributed by atoms with Gasteiger partial charge in [-0.2, -0.15) is 0 Å². The highest BCUT2D eigenvalue weighted by Crippen LogP contribution is 2.42. The zero-order valence-electron chi connectivity index (χ0n) is 17.9. The molecule has 0 radical (unpaired) electrons. The van der Waals surface area contributed by atoms with Gasteiger partial charge in [0.1, 0.15) is 5.37 Å². The van der Waals surface area contributed by atoms with Crippen LogP contribution in [0.1, 0.15) is 42.1 Å². The van der Waals surface area contributed by atoms with Crippen LogP contribution in [-0.2, 0) is 21.4 Å². The number of thioether (sulfide) groups is 1. The van der Waals surface area contributed by atoms with Crippen LogP contribution in [0.15, 0.2) is 66.0 Å². The first kappa shape index (κ1) is 21.7. The molecule has 0 saturated carbocycles. The van der Waals surface area contributed by atoms with Crippen LogP contribution in [0.2, 0.25) is 0 Å². The van der Waals surface area contributed by atoms with Crippen LogP contribution in [0.4, 0.5) is 11.4 Å². The third kappa shape index (κ3) is 5.02. The number of benzene rings is 2. The van der Waals surface area contributed by atoms with E-state index in [4.69, 9.17) is 0 Å². The minimum Gasteiger partial charge on any atom is -0.326 e. The summed E-state index contributed by atoms with van der Waals surface area (Å²) in [5, 5.41) is 4.86. The summed E-state index contributed by atoms with van der Waals surface area (Å²) in [7, 11) is 0. The van der Waals surface area contributed by atoms with E-state index in [9.17, 15) is 9.59 Å². The smallest absolute Gasteiger partial charge is 0.238 e. The van der Waals surface area contributed by atoms with E-state index in [1.165, 1.54) is 5.56 Å². The third-order valence-corrected chi connectivity index (χ3v) is 7.36. The first-order valence-corrected chi connectivity index (χ1v) is 12.2. The van der Waals surface area contributed by atoms with E-state index in [2.05, 4.69) is 38.2 Å². The van der Waals surface area contributed by atoms with E-state index in [1.54, 1.807) is 23.1 Å². The second kappa shape index (κ2) is 8.89. The third-order valence-electron chi connectivity index (χ3n) is 5.27. The van der Waals surface area contributed by atoms with Gasteiger partial charge in [-0.25, -0.2) is 0 Å². The summed E-state index contributed by atoms with van der Waals surface area (Å²) in [6.45, 7) is 6.55. The fourth-order valence-electron chi connectivity index (χ4n) is 3.58. The molecule has 160 valence electrons. The Labute approximate surface area is 191 Å². The zero-order chi connectivity index (χ0) is 22.0. The Hall–Kier alpha value is -2.57. The summed E-state index contributed by atoms with van der Waals surface area (Å²) < 4.78 is 0. The molecule has 1 aromatic heterocycles. The van der Waals surface area contributed by atoms with Crippen LogP contribution < -0.4 is 10.2 Å². The van der Waals surface area contributed by atoms with Crippen LogP contribution >= 0.6 is 23.1 Å². The fraction of sp³-hybridized carbons (Fsp3) is 0.280. The molecule has 0 aliphatic carbocycles. The highest BCUT2D eigenvalue weighted by molar-refractivity contribution is 8.00. The van der Waals surface area contributed by atoms with Crippen molar-refractivity contribution in [3.05, 3.63) is 82.0 Å². The first-order chi connectivity index (χ1) is 14.8. The van der Waals surface area contributed by atoms with Gasteiger partial charge in [0.25, 0.3) is 0 Å². The van der Waals surface area contributed by atoms with Gasteiger partial charge in [0.15, 0.2) is 0 Å². The first-order valence-electron chi connectivity index (χ1n) is 10.3. The summed E-state index contributed by atoms with van der Waals surface area (Å²) in [5.41, 5.74) is 4.05. The number of carbonyl (C=O) groups is 2. The molecule has 1 atom stereocenters. The van der Waals surface area contributed by atoms with Gasteiger partial charge in [-0.1, -0.05) is 51.1 Å². The van der Waals surface area contributed by atoms with Gasteiger partial charge < -0.3 is 5.32 Å². The molecule has 1 aliphatic heterocycles. The maximum absolute atomic E-state index is 12.7. The quantitative estimate of drug-likeness (QED) is 0.518. The molecule has 6 heteroatoms. The molecule has 4 rings (SSSR count). The Kier molecular flexibility index (Phi) is 6.21. The van der Waals surface area contributed by atoms with E-state index in [-0.39, 0.29) is 22.6 Å². The van der Waals surface area contributed by atoms with E-state index < -0.39 is 0 Å². The van der Waals surface area contributed by atoms with Crippen LogP contribution in [0.5, 0.6) is 0 Å². The van der Waals surface area contributed by atoms with Gasteiger partial charge in [0, 0.05) is 16.3 Å². The number of anilines is 2. The standard InChI is InChI=1S/C25H26N2O2S2/c1-25(2,3)18-8-12-20(13-9-18)27-23(29)16-31-24(27)17-6-10-19(11-7-17)26-22(28)15-21-5-4-14-30-21/h4-14,24H,15-16H2,1-3H3,(H,26,28). The Morgan fingerprint density at radius 2 is 1.77 bits per heavy atom. The number of nitrogens with zero attached hydrogens (tertiary/aromatic N) is 1. The van der Waals surface area contributed by atoms with Gasteiger partial charge >= 0.3 is 0 Å². The van der Waals surface area contributed by atoms with Crippen molar-refractivity contribution in [1.29, 1.82) is 0 Å². The maximum Gasteiger partial charge on any atom is 0.238 e. The number of hydrogen-bond donors (Lipinski definition) is 1. The minimum atomic E-state index is -0.0659. The van der Waals surface area contributed by atoms with E-state index in [0.29, 0.717) is 12.2 Å². The lowest BCUT2D eigenvalue weighted by Gasteiger charge is -2.26. The second-order valence-electron chi connectivity index (χ2n) is 8.65. The zero-order valence-corrected chi connectivity index (χ0v) is 19.6. The lowest BCUT2D eigenvalue weighted by Crippen LogP contribution is -2.28. The number of carbonyl (C=O) groups excluding carboxylic acids is 2. The molecular weight excluding hydrogens is 424 g/mol. The molecule has 1 aliphatic rings. The maximum atomic E-state index is 12.7. The average molecular weight is 451 g/mol. The van der Waals surface area contributed by atoms with Crippen molar-refractivity contribution < 1.29 is 9.59 Å². The summed E-state index contributed by atoms with van der Waals surface area (Å²) in [6.07, 6.45) is 0.380. The fourth-order valence-corrected chi connectivity index (χ4v) is 5.46. The number of hydrogen-bond acceptors (Lipinski definition) is 4. The average Bonchev–Trinajstić information content (AvgIpc) is 3.37. The van der Waals surface area contributed by atoms with Crippen molar-refractivity contribution in [2.45, 2.75) is 38.0 Å². The summed E-state index contributed by atoms with van der Waals surface area (Å²) in [6, 6.07) is 20.0. The molecule has 3 aromatic rings. The molecule has 1 unspecified atom stereocenters. The number of nitrogens with one attached hydrogen (secondary N) is 1. The van der Waals surface area contributed by atoms with Crippen LogP contribution in [0, 0.1) is 0 Å². The van der Waals surface area contributed by atoms with Gasteiger partial charge in [-0.3, -0.25) is 14.5 Å². The Morgan fingerprint density at radius 3 is 2.39 bits per heavy atom. The highest BCUT2D eigenvalue weighted by Gasteiger charge is 2.34. The molecule has 1 saturated heterocycles. The van der Waals surface area contributed by atoms with Gasteiger partial charge in [0.05, 0.1) is 12.2 Å². The van der Waals surface area contributed by atoms with Gasteiger partial charge in [0.2, 0.25) is 11.8 Å². The molecule has 31 heavy (non-hydrogen) atoms. The lowest BCUT2D eigenvalue weighted by molar-refractivity contribution is -0.116. The monoisotopic (exact) mass is 450 g/mol. The molecule has 4 nitrogen and oxygen atoms in total. The van der Waals surface area contributed by atoms with Crippen molar-refractivity contribution in [2.75, 3.05) is 16.0 Å². The largest absolute Gasteiger partial charge is 0.326 e. The molecular formula is C25H26N2O2S2. The number of amides is 2. The molecule has 1 N–H and O–H groups in total. The van der Waals surface area contributed by atoms with Crippen LogP contribution in [0.3, 0.4) is 0 Å². The Morgan fingerprint density at radius 1 is 1.06 bits per heavy atom.